The van der Waals surface area contributed by atoms with Crippen molar-refractivity contribution in [3.63, 3.8) is 0 Å². The molecule has 0 saturated carbocycles. The highest BCUT2D eigenvalue weighted by atomic mass is 35.5. The fourth-order valence-electron chi connectivity index (χ4n) is 1.36. The predicted molar refractivity (Wildman–Crippen MR) is 53.7 cm³/mol. The molecule has 78 valence electrons. The number of aliphatic carboxylic acids is 1. The number of rotatable bonds is 5. The molecule has 0 saturated heterocycles. The molecular formula is C9H18ClNO2. The maximum absolute atomic E-state index is 11.0. The molecule has 0 rings (SSSR count). The van der Waals surface area contributed by atoms with E-state index in [-0.39, 0.29) is 5.54 Å². The summed E-state index contributed by atoms with van der Waals surface area (Å²) in [4.78, 5) is 13.6. The van der Waals surface area contributed by atoms with Gasteiger partial charge in [0.05, 0.1) is 5.41 Å². The second-order valence-corrected chi connectivity index (χ2v) is 4.56. The van der Waals surface area contributed by atoms with Gasteiger partial charge in [-0.05, 0) is 45.4 Å². The lowest BCUT2D eigenvalue weighted by Gasteiger charge is -2.32. The summed E-state index contributed by atoms with van der Waals surface area (Å²) in [6, 6.07) is 0. The Morgan fingerprint density at radius 2 is 1.92 bits per heavy atom. The number of carboxylic acid groups (broad SMARTS) is 1. The molecule has 2 N–H and O–H groups in total. The summed E-state index contributed by atoms with van der Waals surface area (Å²) in [5.74, 6) is -0.769. The molecule has 13 heavy (non-hydrogen) atoms. The highest BCUT2D eigenvalue weighted by molar-refractivity contribution is 6.13. The summed E-state index contributed by atoms with van der Waals surface area (Å²) in [5.41, 5.74) is -1.06. The van der Waals surface area contributed by atoms with E-state index in [2.05, 4.69) is 4.84 Å². The minimum atomic E-state index is -0.769. The Kier molecular flexibility index (Phi) is 4.20. The molecule has 1 unspecified atom stereocenters. The Morgan fingerprint density at radius 3 is 2.15 bits per heavy atom. The summed E-state index contributed by atoms with van der Waals surface area (Å²) in [6.07, 6.45) is 1.11. The Labute approximate surface area is 84.6 Å². The van der Waals surface area contributed by atoms with Crippen molar-refractivity contribution in [2.75, 3.05) is 0 Å². The molecule has 0 fully saturated rings. The van der Waals surface area contributed by atoms with E-state index in [0.717, 1.165) is 0 Å². The second-order valence-electron chi connectivity index (χ2n) is 4.37. The fourth-order valence-corrected chi connectivity index (χ4v) is 1.43. The molecule has 0 aliphatic rings. The molecule has 0 radical (unpaired) electrons. The van der Waals surface area contributed by atoms with Gasteiger partial charge < -0.3 is 5.11 Å². The summed E-state index contributed by atoms with van der Waals surface area (Å²) in [7, 11) is 0. The van der Waals surface area contributed by atoms with Crippen molar-refractivity contribution in [1.29, 1.82) is 0 Å². The molecule has 0 bridgehead atoms. The Morgan fingerprint density at radius 1 is 1.46 bits per heavy atom. The van der Waals surface area contributed by atoms with Crippen LogP contribution in [0.5, 0.6) is 0 Å². The van der Waals surface area contributed by atoms with Gasteiger partial charge in [-0.15, -0.1) is 0 Å². The molecule has 1 atom stereocenters. The highest BCUT2D eigenvalue weighted by Crippen LogP contribution is 2.32. The molecule has 0 aromatic carbocycles. The van der Waals surface area contributed by atoms with Gasteiger partial charge in [0.15, 0.2) is 0 Å². The second kappa shape index (κ2) is 4.29. The normalized spacial score (nSPS) is 16.7. The first-order chi connectivity index (χ1) is 5.77. The molecule has 0 aromatic rings. The van der Waals surface area contributed by atoms with Gasteiger partial charge >= 0.3 is 5.97 Å². The highest BCUT2D eigenvalue weighted by Gasteiger charge is 2.36. The minimum Gasteiger partial charge on any atom is -0.481 e. The van der Waals surface area contributed by atoms with E-state index in [1.165, 1.54) is 0 Å². The number of halogens is 1. The molecule has 0 spiro atoms. The van der Waals surface area contributed by atoms with Crippen LogP contribution in [0.25, 0.3) is 0 Å². The maximum atomic E-state index is 11.0. The standard InChI is InChI=1S/C9H18ClNO2/c1-5-9(4,7(12)13)6-8(2,3)11-10/h11H,5-6H2,1-4H3,(H,12,13). The van der Waals surface area contributed by atoms with E-state index in [1.807, 2.05) is 20.8 Å². The van der Waals surface area contributed by atoms with Crippen LogP contribution in [0.2, 0.25) is 0 Å². The van der Waals surface area contributed by atoms with Crippen molar-refractivity contribution < 1.29 is 9.90 Å². The van der Waals surface area contributed by atoms with E-state index >= 15 is 0 Å². The van der Waals surface area contributed by atoms with Crippen molar-refractivity contribution >= 4 is 17.7 Å². The van der Waals surface area contributed by atoms with Gasteiger partial charge in [-0.1, -0.05) is 6.92 Å². The van der Waals surface area contributed by atoms with Crippen molar-refractivity contribution in [2.45, 2.75) is 46.1 Å². The van der Waals surface area contributed by atoms with Crippen LogP contribution in [-0.2, 0) is 4.79 Å². The largest absolute Gasteiger partial charge is 0.481 e. The number of hydrogen-bond acceptors (Lipinski definition) is 2. The van der Waals surface area contributed by atoms with E-state index in [0.29, 0.717) is 12.8 Å². The lowest BCUT2D eigenvalue weighted by molar-refractivity contribution is -0.149. The third-order valence-corrected chi connectivity index (χ3v) is 2.90. The van der Waals surface area contributed by atoms with Crippen LogP contribution in [0.1, 0.15) is 40.5 Å². The molecule has 0 amide bonds. The lowest BCUT2D eigenvalue weighted by Crippen LogP contribution is -2.41. The first kappa shape index (κ1) is 12.7. The monoisotopic (exact) mass is 207 g/mol. The quantitative estimate of drug-likeness (QED) is 0.681. The number of hydrogen-bond donors (Lipinski definition) is 2. The van der Waals surface area contributed by atoms with E-state index in [4.69, 9.17) is 16.9 Å². The third-order valence-electron chi connectivity index (χ3n) is 2.38. The molecule has 0 aliphatic carbocycles. The number of carbonyl (C=O) groups is 1. The van der Waals surface area contributed by atoms with Crippen molar-refractivity contribution in [3.8, 4) is 0 Å². The smallest absolute Gasteiger partial charge is 0.309 e. The fraction of sp³-hybridized carbons (Fsp3) is 0.889. The average molecular weight is 208 g/mol. The molecule has 0 aliphatic heterocycles. The van der Waals surface area contributed by atoms with Crippen LogP contribution >= 0.6 is 11.8 Å². The molecule has 4 heteroatoms. The Hall–Kier alpha value is -0.280. The number of carboxylic acids is 1. The van der Waals surface area contributed by atoms with Gasteiger partial charge in [-0.3, -0.25) is 4.79 Å². The van der Waals surface area contributed by atoms with E-state index < -0.39 is 11.4 Å². The van der Waals surface area contributed by atoms with Gasteiger partial charge in [-0.2, -0.15) is 0 Å². The van der Waals surface area contributed by atoms with Gasteiger partial charge in [-0.25, -0.2) is 4.84 Å². The minimum absolute atomic E-state index is 0.356. The number of nitrogens with one attached hydrogen (secondary N) is 1. The van der Waals surface area contributed by atoms with Gasteiger partial charge in [0, 0.05) is 5.54 Å². The van der Waals surface area contributed by atoms with Crippen LogP contribution in [0, 0.1) is 5.41 Å². The average Bonchev–Trinajstić information content (AvgIpc) is 2.03. The summed E-state index contributed by atoms with van der Waals surface area (Å²) in [5, 5.41) is 9.02. The van der Waals surface area contributed by atoms with Gasteiger partial charge in [0.1, 0.15) is 0 Å². The predicted octanol–water partition coefficient (Wildman–Crippen LogP) is 2.40. The maximum Gasteiger partial charge on any atom is 0.309 e. The zero-order chi connectivity index (χ0) is 10.7. The van der Waals surface area contributed by atoms with Crippen molar-refractivity contribution in [1.82, 2.24) is 4.84 Å². The first-order valence-electron chi connectivity index (χ1n) is 4.38. The Bertz CT molecular complexity index is 194. The topological polar surface area (TPSA) is 49.3 Å². The van der Waals surface area contributed by atoms with E-state index in [9.17, 15) is 4.79 Å². The van der Waals surface area contributed by atoms with Crippen LogP contribution in [0.15, 0.2) is 0 Å². The molecular weight excluding hydrogens is 190 g/mol. The van der Waals surface area contributed by atoms with Gasteiger partial charge in [0.2, 0.25) is 0 Å². The van der Waals surface area contributed by atoms with Gasteiger partial charge in [0.25, 0.3) is 0 Å². The first-order valence-corrected chi connectivity index (χ1v) is 4.76. The van der Waals surface area contributed by atoms with Crippen molar-refractivity contribution in [2.24, 2.45) is 5.41 Å². The molecule has 0 aromatic heterocycles. The third kappa shape index (κ3) is 3.53. The van der Waals surface area contributed by atoms with E-state index in [1.54, 1.807) is 6.92 Å². The summed E-state index contributed by atoms with van der Waals surface area (Å²) >= 11 is 5.52. The van der Waals surface area contributed by atoms with Crippen LogP contribution in [-0.4, -0.2) is 16.6 Å². The molecule has 0 heterocycles. The summed E-state index contributed by atoms with van der Waals surface area (Å²) in [6.45, 7) is 7.39. The summed E-state index contributed by atoms with van der Waals surface area (Å²) < 4.78 is 0. The van der Waals surface area contributed by atoms with Crippen molar-refractivity contribution in [3.05, 3.63) is 0 Å². The zero-order valence-corrected chi connectivity index (χ0v) is 9.40. The Balaban J connectivity index is 4.54. The van der Waals surface area contributed by atoms with Crippen LogP contribution < -0.4 is 4.84 Å². The zero-order valence-electron chi connectivity index (χ0n) is 8.65. The SMILES string of the molecule is CCC(C)(CC(C)(C)NCl)C(=O)O. The lowest BCUT2D eigenvalue weighted by atomic mass is 9.77. The molecule has 3 nitrogen and oxygen atoms in total. The van der Waals surface area contributed by atoms with Crippen LogP contribution in [0.3, 0.4) is 0 Å². The van der Waals surface area contributed by atoms with Crippen LogP contribution in [0.4, 0.5) is 0 Å².